The zero-order chi connectivity index (χ0) is 9.80. The van der Waals surface area contributed by atoms with Gasteiger partial charge in [-0.25, -0.2) is 9.97 Å². The fourth-order valence-electron chi connectivity index (χ4n) is 1.64. The molecular formula is C10H13ClN2O. The molecule has 2 heterocycles. The van der Waals surface area contributed by atoms with Crippen molar-refractivity contribution in [1.29, 1.82) is 0 Å². The van der Waals surface area contributed by atoms with Crippen LogP contribution < -0.4 is 0 Å². The first-order chi connectivity index (χ1) is 6.90. The summed E-state index contributed by atoms with van der Waals surface area (Å²) in [6, 6.07) is 1.86. The molecule has 1 aromatic rings. The fraction of sp³-hybridized carbons (Fsp3) is 0.600. The molecule has 3 nitrogen and oxygen atoms in total. The maximum atomic E-state index is 5.72. The topological polar surface area (TPSA) is 35.0 Å². The molecule has 0 amide bonds. The molecule has 4 heteroatoms. The highest BCUT2D eigenvalue weighted by Gasteiger charge is 2.18. The van der Waals surface area contributed by atoms with E-state index in [1.807, 2.05) is 6.07 Å². The molecule has 0 spiro atoms. The third kappa shape index (κ3) is 2.22. The minimum atomic E-state index is 0.451. The molecule has 1 aliphatic heterocycles. The van der Waals surface area contributed by atoms with Crippen LogP contribution in [0.3, 0.4) is 0 Å². The van der Waals surface area contributed by atoms with Crippen molar-refractivity contribution in [2.24, 2.45) is 0 Å². The SMILES string of the molecule is ClCc1ccnc(C2CCOCC2)n1. The van der Waals surface area contributed by atoms with Gasteiger partial charge in [0.1, 0.15) is 5.82 Å². The number of aromatic nitrogens is 2. The average Bonchev–Trinajstić information content (AvgIpc) is 2.30. The molecule has 0 bridgehead atoms. The second-order valence-corrected chi connectivity index (χ2v) is 3.69. The van der Waals surface area contributed by atoms with Gasteiger partial charge in [0.2, 0.25) is 0 Å². The van der Waals surface area contributed by atoms with Gasteiger partial charge in [0.25, 0.3) is 0 Å². The van der Waals surface area contributed by atoms with Gasteiger partial charge in [0.15, 0.2) is 0 Å². The van der Waals surface area contributed by atoms with Gasteiger partial charge < -0.3 is 4.74 Å². The molecule has 0 unspecified atom stereocenters. The molecule has 1 fully saturated rings. The van der Waals surface area contributed by atoms with E-state index in [0.717, 1.165) is 37.6 Å². The first-order valence-electron chi connectivity index (χ1n) is 4.85. The van der Waals surface area contributed by atoms with E-state index in [4.69, 9.17) is 16.3 Å². The Morgan fingerprint density at radius 3 is 2.93 bits per heavy atom. The Labute approximate surface area is 88.5 Å². The lowest BCUT2D eigenvalue weighted by molar-refractivity contribution is 0.0835. The zero-order valence-electron chi connectivity index (χ0n) is 7.95. The largest absolute Gasteiger partial charge is 0.381 e. The highest BCUT2D eigenvalue weighted by Crippen LogP contribution is 2.23. The first kappa shape index (κ1) is 9.87. The molecule has 0 aromatic carbocycles. The smallest absolute Gasteiger partial charge is 0.131 e. The third-order valence-corrected chi connectivity index (χ3v) is 2.73. The van der Waals surface area contributed by atoms with Crippen LogP contribution in [0.25, 0.3) is 0 Å². The van der Waals surface area contributed by atoms with E-state index in [1.165, 1.54) is 0 Å². The maximum absolute atomic E-state index is 5.72. The number of hydrogen-bond donors (Lipinski definition) is 0. The Morgan fingerprint density at radius 1 is 1.43 bits per heavy atom. The Morgan fingerprint density at radius 2 is 2.21 bits per heavy atom. The number of halogens is 1. The Kier molecular flexibility index (Phi) is 3.32. The van der Waals surface area contributed by atoms with Crippen LogP contribution in [-0.2, 0) is 10.6 Å². The number of alkyl halides is 1. The first-order valence-corrected chi connectivity index (χ1v) is 5.39. The third-order valence-electron chi connectivity index (χ3n) is 2.46. The lowest BCUT2D eigenvalue weighted by atomic mass is 9.99. The molecule has 76 valence electrons. The van der Waals surface area contributed by atoms with Crippen molar-refractivity contribution >= 4 is 11.6 Å². The Balaban J connectivity index is 2.13. The summed E-state index contributed by atoms with van der Waals surface area (Å²) in [6.07, 6.45) is 3.83. The number of nitrogens with zero attached hydrogens (tertiary/aromatic N) is 2. The molecule has 1 aromatic heterocycles. The van der Waals surface area contributed by atoms with Crippen molar-refractivity contribution in [3.05, 3.63) is 23.8 Å². The van der Waals surface area contributed by atoms with Crippen LogP contribution >= 0.6 is 11.6 Å². The van der Waals surface area contributed by atoms with Crippen LogP contribution in [0.1, 0.15) is 30.3 Å². The number of ether oxygens (including phenoxy) is 1. The molecule has 1 saturated heterocycles. The van der Waals surface area contributed by atoms with E-state index in [0.29, 0.717) is 11.8 Å². The normalized spacial score (nSPS) is 18.4. The Hall–Kier alpha value is -0.670. The van der Waals surface area contributed by atoms with Crippen molar-refractivity contribution in [3.63, 3.8) is 0 Å². The maximum Gasteiger partial charge on any atom is 0.131 e. The zero-order valence-corrected chi connectivity index (χ0v) is 8.70. The predicted octanol–water partition coefficient (Wildman–Crippen LogP) is 2.11. The van der Waals surface area contributed by atoms with Crippen LogP contribution in [0.5, 0.6) is 0 Å². The van der Waals surface area contributed by atoms with Gasteiger partial charge in [-0.2, -0.15) is 0 Å². The van der Waals surface area contributed by atoms with Gasteiger partial charge in [-0.1, -0.05) is 0 Å². The van der Waals surface area contributed by atoms with Gasteiger partial charge in [-0.3, -0.25) is 0 Å². The van der Waals surface area contributed by atoms with E-state index in [1.54, 1.807) is 6.20 Å². The summed E-state index contributed by atoms with van der Waals surface area (Å²) in [5, 5.41) is 0. The van der Waals surface area contributed by atoms with Crippen molar-refractivity contribution < 1.29 is 4.74 Å². The van der Waals surface area contributed by atoms with E-state index < -0.39 is 0 Å². The quantitative estimate of drug-likeness (QED) is 0.705. The predicted molar refractivity (Wildman–Crippen MR) is 54.4 cm³/mol. The van der Waals surface area contributed by atoms with Crippen LogP contribution in [0.2, 0.25) is 0 Å². The molecule has 2 rings (SSSR count). The van der Waals surface area contributed by atoms with Crippen molar-refractivity contribution in [3.8, 4) is 0 Å². The van der Waals surface area contributed by atoms with Crippen molar-refractivity contribution in [2.45, 2.75) is 24.6 Å². The van der Waals surface area contributed by atoms with Crippen LogP contribution in [0.4, 0.5) is 0 Å². The summed E-state index contributed by atoms with van der Waals surface area (Å²) in [7, 11) is 0. The van der Waals surface area contributed by atoms with Gasteiger partial charge in [0.05, 0.1) is 11.6 Å². The lowest BCUT2D eigenvalue weighted by Gasteiger charge is -2.20. The highest BCUT2D eigenvalue weighted by molar-refractivity contribution is 6.16. The fourth-order valence-corrected chi connectivity index (χ4v) is 1.79. The van der Waals surface area contributed by atoms with E-state index in [9.17, 15) is 0 Å². The monoisotopic (exact) mass is 212 g/mol. The molecular weight excluding hydrogens is 200 g/mol. The van der Waals surface area contributed by atoms with Gasteiger partial charge in [0, 0.05) is 25.3 Å². The van der Waals surface area contributed by atoms with E-state index >= 15 is 0 Å². The van der Waals surface area contributed by atoms with Crippen molar-refractivity contribution in [2.75, 3.05) is 13.2 Å². The Bertz CT molecular complexity index is 300. The van der Waals surface area contributed by atoms with Crippen LogP contribution in [-0.4, -0.2) is 23.2 Å². The lowest BCUT2D eigenvalue weighted by Crippen LogP contribution is -2.16. The van der Waals surface area contributed by atoms with Gasteiger partial charge in [-0.05, 0) is 18.9 Å². The van der Waals surface area contributed by atoms with Crippen LogP contribution in [0.15, 0.2) is 12.3 Å². The summed E-state index contributed by atoms with van der Waals surface area (Å²) in [6.45, 7) is 1.64. The minimum absolute atomic E-state index is 0.451. The molecule has 0 N–H and O–H groups in total. The van der Waals surface area contributed by atoms with Gasteiger partial charge in [-0.15, -0.1) is 11.6 Å². The molecule has 14 heavy (non-hydrogen) atoms. The number of hydrogen-bond acceptors (Lipinski definition) is 3. The van der Waals surface area contributed by atoms with Crippen molar-refractivity contribution in [1.82, 2.24) is 9.97 Å². The summed E-state index contributed by atoms with van der Waals surface area (Å²) in [5.41, 5.74) is 0.906. The van der Waals surface area contributed by atoms with E-state index in [-0.39, 0.29) is 0 Å². The highest BCUT2D eigenvalue weighted by atomic mass is 35.5. The second kappa shape index (κ2) is 4.71. The second-order valence-electron chi connectivity index (χ2n) is 3.43. The summed E-state index contributed by atoms with van der Waals surface area (Å²) < 4.78 is 5.30. The summed E-state index contributed by atoms with van der Waals surface area (Å²) in [5.74, 6) is 1.83. The summed E-state index contributed by atoms with van der Waals surface area (Å²) in [4.78, 5) is 8.70. The molecule has 0 atom stereocenters. The number of rotatable bonds is 2. The molecule has 1 aliphatic rings. The average molecular weight is 213 g/mol. The molecule has 0 radical (unpaired) electrons. The molecule has 0 saturated carbocycles. The minimum Gasteiger partial charge on any atom is -0.381 e. The van der Waals surface area contributed by atoms with Gasteiger partial charge >= 0.3 is 0 Å². The van der Waals surface area contributed by atoms with E-state index in [2.05, 4.69) is 9.97 Å². The summed E-state index contributed by atoms with van der Waals surface area (Å²) >= 11 is 5.72. The standard InChI is InChI=1S/C10H13ClN2O/c11-7-9-1-4-12-10(13-9)8-2-5-14-6-3-8/h1,4,8H,2-3,5-7H2. The molecule has 0 aliphatic carbocycles. The van der Waals surface area contributed by atoms with Crippen LogP contribution in [0, 0.1) is 0 Å².